The van der Waals surface area contributed by atoms with Crippen molar-refractivity contribution in [3.05, 3.63) is 45.9 Å². The summed E-state index contributed by atoms with van der Waals surface area (Å²) in [6.07, 6.45) is 7.92. The quantitative estimate of drug-likeness (QED) is 0.698. The standard InChI is InChI=1S/C24H28N4O3S/c1-15(22-25-11-13-32-22)28-23(30)18-9-4-10-19(20(18)24(28)31)27-12-5-6-16(14-27)21(29)26-17-7-2-3-8-17/h4,9-11,13,15-17H,2-3,5-8,12,14H2,1H3,(H,26,29)/t15-,16+/m1/s1. The predicted octanol–water partition coefficient (Wildman–Crippen LogP) is 3.78. The van der Waals surface area contributed by atoms with E-state index in [-0.39, 0.29) is 23.6 Å². The molecule has 0 bridgehead atoms. The van der Waals surface area contributed by atoms with Gasteiger partial charge >= 0.3 is 0 Å². The lowest BCUT2D eigenvalue weighted by Gasteiger charge is -2.35. The maximum Gasteiger partial charge on any atom is 0.264 e. The van der Waals surface area contributed by atoms with E-state index in [0.717, 1.165) is 42.9 Å². The van der Waals surface area contributed by atoms with Crippen molar-refractivity contribution in [2.24, 2.45) is 5.92 Å². The number of benzene rings is 1. The van der Waals surface area contributed by atoms with Gasteiger partial charge in [0.2, 0.25) is 5.91 Å². The lowest BCUT2D eigenvalue weighted by atomic mass is 9.95. The van der Waals surface area contributed by atoms with E-state index in [0.29, 0.717) is 23.7 Å². The molecule has 0 unspecified atom stereocenters. The molecule has 3 amide bonds. The van der Waals surface area contributed by atoms with Gasteiger partial charge in [0.15, 0.2) is 0 Å². The Kier molecular flexibility index (Phi) is 5.71. The molecule has 3 heterocycles. The first-order chi connectivity index (χ1) is 15.5. The number of amides is 3. The van der Waals surface area contributed by atoms with Crippen molar-refractivity contribution in [3.8, 4) is 0 Å². The summed E-state index contributed by atoms with van der Waals surface area (Å²) in [5, 5.41) is 5.81. The third-order valence-corrected chi connectivity index (χ3v) is 7.90. The zero-order valence-electron chi connectivity index (χ0n) is 18.3. The molecule has 1 saturated heterocycles. The Morgan fingerprint density at radius 3 is 2.72 bits per heavy atom. The van der Waals surface area contributed by atoms with Crippen molar-refractivity contribution in [3.63, 3.8) is 0 Å². The number of hydrogen-bond acceptors (Lipinski definition) is 6. The first-order valence-electron chi connectivity index (χ1n) is 11.5. The molecule has 2 atom stereocenters. The molecule has 2 fully saturated rings. The van der Waals surface area contributed by atoms with Crippen molar-refractivity contribution < 1.29 is 14.4 Å². The minimum Gasteiger partial charge on any atom is -0.370 e. The van der Waals surface area contributed by atoms with E-state index < -0.39 is 6.04 Å². The lowest BCUT2D eigenvalue weighted by molar-refractivity contribution is -0.125. The second-order valence-electron chi connectivity index (χ2n) is 9.00. The molecule has 0 radical (unpaired) electrons. The molecular weight excluding hydrogens is 424 g/mol. The molecule has 8 heteroatoms. The Labute approximate surface area is 191 Å². The number of hydrogen-bond donors (Lipinski definition) is 1. The average Bonchev–Trinajstić information content (AvgIpc) is 3.56. The molecule has 1 N–H and O–H groups in total. The minimum atomic E-state index is -0.415. The maximum atomic E-state index is 13.4. The molecule has 1 saturated carbocycles. The average molecular weight is 453 g/mol. The second kappa shape index (κ2) is 8.65. The van der Waals surface area contributed by atoms with Gasteiger partial charge in [-0.3, -0.25) is 19.3 Å². The summed E-state index contributed by atoms with van der Waals surface area (Å²) in [6.45, 7) is 3.18. The van der Waals surface area contributed by atoms with Crippen LogP contribution in [0.25, 0.3) is 0 Å². The molecule has 1 aromatic carbocycles. The number of fused-ring (bicyclic) bond motifs is 1. The van der Waals surface area contributed by atoms with Crippen molar-refractivity contribution in [2.75, 3.05) is 18.0 Å². The smallest absolute Gasteiger partial charge is 0.264 e. The summed E-state index contributed by atoms with van der Waals surface area (Å²) < 4.78 is 0. The molecule has 5 rings (SSSR count). The van der Waals surface area contributed by atoms with Crippen LogP contribution in [0.2, 0.25) is 0 Å². The van der Waals surface area contributed by atoms with E-state index in [4.69, 9.17) is 0 Å². The lowest BCUT2D eigenvalue weighted by Crippen LogP contribution is -2.45. The number of carbonyl (C=O) groups excluding carboxylic acids is 3. The highest BCUT2D eigenvalue weighted by atomic mass is 32.1. The van der Waals surface area contributed by atoms with Gasteiger partial charge in [0.1, 0.15) is 5.01 Å². The number of nitrogens with one attached hydrogen (secondary N) is 1. The Morgan fingerprint density at radius 1 is 1.16 bits per heavy atom. The van der Waals surface area contributed by atoms with Crippen LogP contribution < -0.4 is 10.2 Å². The zero-order chi connectivity index (χ0) is 22.2. The van der Waals surface area contributed by atoms with Gasteiger partial charge in [0.25, 0.3) is 11.8 Å². The number of carbonyl (C=O) groups is 3. The Hall–Kier alpha value is -2.74. The van der Waals surface area contributed by atoms with Gasteiger partial charge in [-0.15, -0.1) is 11.3 Å². The van der Waals surface area contributed by atoms with Crippen LogP contribution in [-0.4, -0.2) is 46.7 Å². The van der Waals surface area contributed by atoms with E-state index in [1.165, 1.54) is 29.1 Å². The van der Waals surface area contributed by atoms with Gasteiger partial charge in [0.05, 0.1) is 28.8 Å². The van der Waals surface area contributed by atoms with Gasteiger partial charge < -0.3 is 10.2 Å². The molecule has 3 aliphatic rings. The number of anilines is 1. The van der Waals surface area contributed by atoms with Gasteiger partial charge in [-0.2, -0.15) is 0 Å². The van der Waals surface area contributed by atoms with Crippen LogP contribution in [0.15, 0.2) is 29.8 Å². The van der Waals surface area contributed by atoms with Gasteiger partial charge in [0, 0.05) is 30.7 Å². The number of nitrogens with zero attached hydrogens (tertiary/aromatic N) is 3. The monoisotopic (exact) mass is 452 g/mol. The number of thiazole rings is 1. The fraction of sp³-hybridized carbons (Fsp3) is 0.500. The van der Waals surface area contributed by atoms with Crippen LogP contribution >= 0.6 is 11.3 Å². The summed E-state index contributed by atoms with van der Waals surface area (Å²) in [7, 11) is 0. The second-order valence-corrected chi connectivity index (χ2v) is 9.93. The van der Waals surface area contributed by atoms with Crippen LogP contribution in [0.5, 0.6) is 0 Å². The molecule has 1 aromatic heterocycles. The summed E-state index contributed by atoms with van der Waals surface area (Å²) in [5.41, 5.74) is 1.65. The van der Waals surface area contributed by atoms with Gasteiger partial charge in [-0.05, 0) is 44.7 Å². The largest absolute Gasteiger partial charge is 0.370 e. The summed E-state index contributed by atoms with van der Waals surface area (Å²) in [5.74, 6) is -0.531. The molecule has 168 valence electrons. The summed E-state index contributed by atoms with van der Waals surface area (Å²) >= 11 is 1.44. The summed E-state index contributed by atoms with van der Waals surface area (Å²) in [4.78, 5) is 47.2. The minimum absolute atomic E-state index is 0.0993. The van der Waals surface area contributed by atoms with Gasteiger partial charge in [-0.1, -0.05) is 18.9 Å². The Bertz CT molecular complexity index is 1030. The van der Waals surface area contributed by atoms with Crippen LogP contribution in [0.3, 0.4) is 0 Å². The van der Waals surface area contributed by atoms with Crippen molar-refractivity contribution >= 4 is 34.7 Å². The number of aromatic nitrogens is 1. The topological polar surface area (TPSA) is 82.6 Å². The van der Waals surface area contributed by atoms with Crippen molar-refractivity contribution in [1.82, 2.24) is 15.2 Å². The number of piperidine rings is 1. The van der Waals surface area contributed by atoms with E-state index in [1.807, 2.05) is 24.4 Å². The van der Waals surface area contributed by atoms with E-state index in [9.17, 15) is 14.4 Å². The van der Waals surface area contributed by atoms with Crippen LogP contribution in [-0.2, 0) is 4.79 Å². The number of rotatable bonds is 5. The van der Waals surface area contributed by atoms with Crippen molar-refractivity contribution in [2.45, 2.75) is 57.5 Å². The molecule has 32 heavy (non-hydrogen) atoms. The highest BCUT2D eigenvalue weighted by molar-refractivity contribution is 7.09. The fourth-order valence-corrected chi connectivity index (χ4v) is 5.94. The van der Waals surface area contributed by atoms with E-state index in [1.54, 1.807) is 12.3 Å². The molecule has 2 aromatic rings. The molecule has 1 aliphatic carbocycles. The van der Waals surface area contributed by atoms with Gasteiger partial charge in [-0.25, -0.2) is 4.98 Å². The fourth-order valence-electron chi connectivity index (χ4n) is 5.25. The van der Waals surface area contributed by atoms with Crippen LogP contribution in [0, 0.1) is 5.92 Å². The summed E-state index contributed by atoms with van der Waals surface area (Å²) in [6, 6.07) is 5.35. The Balaban J connectivity index is 1.38. The predicted molar refractivity (Wildman–Crippen MR) is 123 cm³/mol. The van der Waals surface area contributed by atoms with Crippen LogP contribution in [0.4, 0.5) is 5.69 Å². The van der Waals surface area contributed by atoms with Crippen LogP contribution in [0.1, 0.15) is 77.2 Å². The molecule has 2 aliphatic heterocycles. The zero-order valence-corrected chi connectivity index (χ0v) is 19.1. The third kappa shape index (κ3) is 3.70. The maximum absolute atomic E-state index is 13.4. The highest BCUT2D eigenvalue weighted by Crippen LogP contribution is 2.38. The first-order valence-corrected chi connectivity index (χ1v) is 12.4. The first kappa shape index (κ1) is 21.1. The third-order valence-electron chi connectivity index (χ3n) is 6.95. The number of imide groups is 1. The molecular formula is C24H28N4O3S. The SMILES string of the molecule is C[C@H](c1nccs1)N1C(=O)c2cccc(N3CCC[C@H](C(=O)NC4CCCC4)C3)c2C1=O. The normalized spacial score (nSPS) is 22.3. The van der Waals surface area contributed by atoms with E-state index >= 15 is 0 Å². The van der Waals surface area contributed by atoms with E-state index in [2.05, 4.69) is 15.2 Å². The molecule has 0 spiro atoms. The van der Waals surface area contributed by atoms with Crippen molar-refractivity contribution in [1.29, 1.82) is 0 Å². The molecule has 7 nitrogen and oxygen atoms in total. The Morgan fingerprint density at radius 2 is 1.97 bits per heavy atom. The highest BCUT2D eigenvalue weighted by Gasteiger charge is 2.42.